The van der Waals surface area contributed by atoms with Crippen molar-refractivity contribution in [1.29, 1.82) is 0 Å². The van der Waals surface area contributed by atoms with Crippen LogP contribution in [0.3, 0.4) is 0 Å². The van der Waals surface area contributed by atoms with Crippen LogP contribution in [0, 0.1) is 0 Å². The summed E-state index contributed by atoms with van der Waals surface area (Å²) in [5.74, 6) is 0. The average molecular weight is 301 g/mol. The van der Waals surface area contributed by atoms with Crippen molar-refractivity contribution in [3.63, 3.8) is 0 Å². The first-order valence-corrected chi connectivity index (χ1v) is 8.18. The number of aromatic nitrogens is 1. The summed E-state index contributed by atoms with van der Waals surface area (Å²) >= 11 is 5.95. The molecule has 4 nitrogen and oxygen atoms in total. The van der Waals surface area contributed by atoms with Crippen LogP contribution in [-0.4, -0.2) is 26.2 Å². The topological polar surface area (TPSA) is 62.0 Å². The number of sulfonamides is 1. The molecule has 104 valence electrons. The lowest BCUT2D eigenvalue weighted by molar-refractivity contribution is 0.507. The van der Waals surface area contributed by atoms with E-state index in [2.05, 4.69) is 9.71 Å². The fourth-order valence-electron chi connectivity index (χ4n) is 2.07. The van der Waals surface area contributed by atoms with Crippen LogP contribution in [0.5, 0.6) is 0 Å². The second-order valence-corrected chi connectivity index (χ2v) is 7.64. The predicted molar refractivity (Wildman–Crippen MR) is 79.2 cm³/mol. The summed E-state index contributed by atoms with van der Waals surface area (Å²) < 4.78 is 25.0. The van der Waals surface area contributed by atoms with Gasteiger partial charge in [0.2, 0.25) is 10.0 Å². The molecule has 0 bridgehead atoms. The van der Waals surface area contributed by atoms with Crippen molar-refractivity contribution in [3.05, 3.63) is 35.0 Å². The van der Waals surface area contributed by atoms with E-state index in [0.29, 0.717) is 11.6 Å². The molecular formula is C13H17ClN2O2S. The van der Waals surface area contributed by atoms with E-state index in [0.717, 1.165) is 22.7 Å². The molecular weight excluding hydrogens is 284 g/mol. The van der Waals surface area contributed by atoms with E-state index in [4.69, 9.17) is 11.6 Å². The quantitative estimate of drug-likeness (QED) is 0.912. The maximum absolute atomic E-state index is 11.2. The molecule has 0 fully saturated rings. The molecule has 0 amide bonds. The van der Waals surface area contributed by atoms with Gasteiger partial charge >= 0.3 is 0 Å². The highest BCUT2D eigenvalue weighted by Crippen LogP contribution is 2.31. The van der Waals surface area contributed by atoms with Gasteiger partial charge in [0.1, 0.15) is 0 Å². The Labute approximate surface area is 118 Å². The summed E-state index contributed by atoms with van der Waals surface area (Å²) in [4.78, 5) is 3.17. The van der Waals surface area contributed by atoms with Gasteiger partial charge in [0.05, 0.1) is 6.26 Å². The van der Waals surface area contributed by atoms with Crippen molar-refractivity contribution in [3.8, 4) is 0 Å². The van der Waals surface area contributed by atoms with E-state index in [9.17, 15) is 8.42 Å². The van der Waals surface area contributed by atoms with Gasteiger partial charge in [-0.2, -0.15) is 0 Å². The zero-order chi connectivity index (χ0) is 14.3. The zero-order valence-electron chi connectivity index (χ0n) is 11.1. The first-order valence-electron chi connectivity index (χ1n) is 5.91. The summed E-state index contributed by atoms with van der Waals surface area (Å²) in [5, 5.41) is 1.73. The summed E-state index contributed by atoms with van der Waals surface area (Å²) in [7, 11) is -3.19. The molecule has 1 aromatic heterocycles. The van der Waals surface area contributed by atoms with Crippen LogP contribution in [0.4, 0.5) is 0 Å². The van der Waals surface area contributed by atoms with Crippen LogP contribution >= 0.6 is 11.6 Å². The summed E-state index contributed by atoms with van der Waals surface area (Å²) in [6.45, 7) is 4.35. The van der Waals surface area contributed by atoms with Crippen molar-refractivity contribution in [2.75, 3.05) is 12.8 Å². The molecule has 1 heterocycles. The highest BCUT2D eigenvalue weighted by atomic mass is 35.5. The lowest BCUT2D eigenvalue weighted by Gasteiger charge is -2.24. The Hall–Kier alpha value is -1.04. The second kappa shape index (κ2) is 4.81. The van der Waals surface area contributed by atoms with Gasteiger partial charge in [0, 0.05) is 34.1 Å². The first kappa shape index (κ1) is 14.4. The fraction of sp³-hybridized carbons (Fsp3) is 0.385. The Morgan fingerprint density at radius 3 is 2.68 bits per heavy atom. The molecule has 0 aliphatic heterocycles. The zero-order valence-corrected chi connectivity index (χ0v) is 12.7. The van der Waals surface area contributed by atoms with E-state index in [1.165, 1.54) is 0 Å². The molecule has 0 aliphatic rings. The Bertz CT molecular complexity index is 705. The highest BCUT2D eigenvalue weighted by Gasteiger charge is 2.25. The van der Waals surface area contributed by atoms with Crippen molar-refractivity contribution < 1.29 is 8.42 Å². The molecule has 0 spiro atoms. The number of fused-ring (bicyclic) bond motifs is 1. The van der Waals surface area contributed by atoms with Gasteiger partial charge in [-0.1, -0.05) is 31.5 Å². The third kappa shape index (κ3) is 3.29. The molecule has 2 rings (SSSR count). The summed E-state index contributed by atoms with van der Waals surface area (Å²) in [6.07, 6.45) is 3.07. The van der Waals surface area contributed by atoms with Gasteiger partial charge in [0.15, 0.2) is 0 Å². The second-order valence-electron chi connectivity index (χ2n) is 5.37. The van der Waals surface area contributed by atoms with Gasteiger partial charge in [-0.15, -0.1) is 0 Å². The van der Waals surface area contributed by atoms with Gasteiger partial charge < -0.3 is 4.98 Å². The number of halogens is 1. The first-order chi connectivity index (χ1) is 8.69. The molecule has 0 unspecified atom stereocenters. The molecule has 0 atom stereocenters. The molecule has 0 radical (unpaired) electrons. The summed E-state index contributed by atoms with van der Waals surface area (Å²) in [5.41, 5.74) is 1.71. The standard InChI is InChI=1S/C13H17ClN2O2S/c1-13(2,8-16-19(3,17)18)11-7-15-12-6-9(14)4-5-10(11)12/h4-7,15-16H,8H2,1-3H3. The number of hydrogen-bond donors (Lipinski definition) is 2. The van der Waals surface area contributed by atoms with Crippen LogP contribution in [0.2, 0.25) is 5.02 Å². The number of aromatic amines is 1. The Morgan fingerprint density at radius 2 is 2.05 bits per heavy atom. The third-order valence-electron chi connectivity index (χ3n) is 3.15. The molecule has 19 heavy (non-hydrogen) atoms. The van der Waals surface area contributed by atoms with Crippen molar-refractivity contribution in [1.82, 2.24) is 9.71 Å². The lowest BCUT2D eigenvalue weighted by atomic mass is 9.85. The van der Waals surface area contributed by atoms with E-state index < -0.39 is 10.0 Å². The van der Waals surface area contributed by atoms with Crippen LogP contribution < -0.4 is 4.72 Å². The SMILES string of the molecule is CC(C)(CNS(C)(=O)=O)c1c[nH]c2cc(Cl)ccc12. The number of H-pyrrole nitrogens is 1. The van der Waals surface area contributed by atoms with Gasteiger partial charge in [0.25, 0.3) is 0 Å². The highest BCUT2D eigenvalue weighted by molar-refractivity contribution is 7.88. The number of benzene rings is 1. The lowest BCUT2D eigenvalue weighted by Crippen LogP contribution is -2.35. The Kier molecular flexibility index (Phi) is 3.64. The molecule has 0 saturated carbocycles. The van der Waals surface area contributed by atoms with E-state index in [1.807, 2.05) is 38.2 Å². The maximum Gasteiger partial charge on any atom is 0.208 e. The monoisotopic (exact) mass is 300 g/mol. The number of nitrogens with one attached hydrogen (secondary N) is 2. The van der Waals surface area contributed by atoms with E-state index in [1.54, 1.807) is 0 Å². The number of rotatable bonds is 4. The normalized spacial score (nSPS) is 13.1. The molecule has 0 saturated heterocycles. The maximum atomic E-state index is 11.2. The van der Waals surface area contributed by atoms with Crippen LogP contribution in [-0.2, 0) is 15.4 Å². The van der Waals surface area contributed by atoms with E-state index in [-0.39, 0.29) is 5.41 Å². The molecule has 6 heteroatoms. The van der Waals surface area contributed by atoms with Crippen molar-refractivity contribution >= 4 is 32.5 Å². The van der Waals surface area contributed by atoms with Crippen LogP contribution in [0.25, 0.3) is 10.9 Å². The molecule has 2 aromatic rings. The smallest absolute Gasteiger partial charge is 0.208 e. The van der Waals surface area contributed by atoms with Crippen molar-refractivity contribution in [2.24, 2.45) is 0 Å². The third-order valence-corrected chi connectivity index (χ3v) is 4.05. The molecule has 0 aliphatic carbocycles. The Balaban J connectivity index is 2.37. The van der Waals surface area contributed by atoms with Gasteiger partial charge in [-0.3, -0.25) is 0 Å². The molecule has 2 N–H and O–H groups in total. The minimum atomic E-state index is -3.19. The van der Waals surface area contributed by atoms with Crippen LogP contribution in [0.1, 0.15) is 19.4 Å². The van der Waals surface area contributed by atoms with E-state index >= 15 is 0 Å². The minimum Gasteiger partial charge on any atom is -0.361 e. The predicted octanol–water partition coefficient (Wildman–Crippen LogP) is 2.65. The van der Waals surface area contributed by atoms with Gasteiger partial charge in [-0.05, 0) is 17.7 Å². The molecule has 1 aromatic carbocycles. The van der Waals surface area contributed by atoms with Gasteiger partial charge in [-0.25, -0.2) is 13.1 Å². The van der Waals surface area contributed by atoms with Crippen LogP contribution in [0.15, 0.2) is 24.4 Å². The number of hydrogen-bond acceptors (Lipinski definition) is 2. The largest absolute Gasteiger partial charge is 0.361 e. The summed E-state index contributed by atoms with van der Waals surface area (Å²) in [6, 6.07) is 5.65. The fourth-order valence-corrected chi connectivity index (χ4v) is 2.86. The average Bonchev–Trinajstić information content (AvgIpc) is 2.69. The van der Waals surface area contributed by atoms with Crippen molar-refractivity contribution in [2.45, 2.75) is 19.3 Å². The Morgan fingerprint density at radius 1 is 1.37 bits per heavy atom. The minimum absolute atomic E-state index is 0.310.